The molecule has 0 radical (unpaired) electrons. The van der Waals surface area contributed by atoms with E-state index < -0.39 is 0 Å². The molecule has 0 saturated carbocycles. The van der Waals surface area contributed by atoms with Crippen LogP contribution in [0.5, 0.6) is 5.88 Å². The molecule has 0 saturated heterocycles. The molecule has 0 bridgehead atoms. The summed E-state index contributed by atoms with van der Waals surface area (Å²) in [6, 6.07) is 13.1. The van der Waals surface area contributed by atoms with E-state index >= 15 is 0 Å². The summed E-state index contributed by atoms with van der Waals surface area (Å²) in [7, 11) is 1.64. The predicted octanol–water partition coefficient (Wildman–Crippen LogP) is 4.06. The Morgan fingerprint density at radius 3 is 2.33 bits per heavy atom. The average Bonchev–Trinajstić information content (AvgIpc) is 2.53. The lowest BCUT2D eigenvalue weighted by Gasteiger charge is -2.15. The molecule has 0 aliphatic carbocycles. The molecule has 21 heavy (non-hydrogen) atoms. The van der Waals surface area contributed by atoms with Crippen molar-refractivity contribution >= 4 is 0 Å². The number of hydrogen-bond donors (Lipinski definition) is 1. The van der Waals surface area contributed by atoms with Gasteiger partial charge in [0.2, 0.25) is 5.88 Å². The van der Waals surface area contributed by atoms with Gasteiger partial charge < -0.3 is 10.1 Å². The van der Waals surface area contributed by atoms with Gasteiger partial charge in [-0.05, 0) is 35.6 Å². The Bertz CT molecular complexity index is 564. The second-order valence-electron chi connectivity index (χ2n) is 5.63. The standard InChI is InChI=1S/C18H24N2O/c1-13(2)16-5-7-17(8-6-16)14(3)20-12-15-9-10-19-18(11-15)21-4/h5-11,13-14,20H,12H2,1-4H3. The zero-order valence-electron chi connectivity index (χ0n) is 13.3. The lowest BCUT2D eigenvalue weighted by molar-refractivity contribution is 0.397. The summed E-state index contributed by atoms with van der Waals surface area (Å²) in [6.45, 7) is 7.41. The van der Waals surface area contributed by atoms with Crippen LogP contribution in [0.25, 0.3) is 0 Å². The van der Waals surface area contributed by atoms with Gasteiger partial charge in [-0.3, -0.25) is 0 Å². The third kappa shape index (κ3) is 4.30. The van der Waals surface area contributed by atoms with Crippen LogP contribution in [-0.2, 0) is 6.54 Å². The van der Waals surface area contributed by atoms with E-state index in [0.717, 1.165) is 6.54 Å². The minimum absolute atomic E-state index is 0.311. The normalized spacial score (nSPS) is 12.4. The van der Waals surface area contributed by atoms with Gasteiger partial charge in [-0.15, -0.1) is 0 Å². The molecular weight excluding hydrogens is 260 g/mol. The summed E-state index contributed by atoms with van der Waals surface area (Å²) in [5.74, 6) is 1.23. The quantitative estimate of drug-likeness (QED) is 0.868. The number of benzene rings is 1. The number of pyridine rings is 1. The fourth-order valence-electron chi connectivity index (χ4n) is 2.23. The van der Waals surface area contributed by atoms with Crippen LogP contribution >= 0.6 is 0 Å². The largest absolute Gasteiger partial charge is 0.481 e. The molecule has 1 heterocycles. The molecule has 2 aromatic rings. The molecule has 112 valence electrons. The third-order valence-corrected chi connectivity index (χ3v) is 3.72. The van der Waals surface area contributed by atoms with Crippen molar-refractivity contribution in [2.24, 2.45) is 0 Å². The van der Waals surface area contributed by atoms with Crippen molar-refractivity contribution in [2.75, 3.05) is 7.11 Å². The molecule has 3 heteroatoms. The van der Waals surface area contributed by atoms with Crippen LogP contribution in [0.4, 0.5) is 0 Å². The molecule has 2 rings (SSSR count). The van der Waals surface area contributed by atoms with E-state index in [1.54, 1.807) is 13.3 Å². The zero-order valence-corrected chi connectivity index (χ0v) is 13.3. The first kappa shape index (κ1) is 15.5. The van der Waals surface area contributed by atoms with Crippen molar-refractivity contribution in [3.05, 3.63) is 59.3 Å². The number of nitrogens with zero attached hydrogens (tertiary/aromatic N) is 1. The summed E-state index contributed by atoms with van der Waals surface area (Å²) in [4.78, 5) is 4.12. The molecule has 1 N–H and O–H groups in total. The van der Waals surface area contributed by atoms with E-state index in [9.17, 15) is 0 Å². The van der Waals surface area contributed by atoms with E-state index in [2.05, 4.69) is 55.3 Å². The Kier molecular flexibility index (Phi) is 5.34. The van der Waals surface area contributed by atoms with E-state index in [1.807, 2.05) is 12.1 Å². The van der Waals surface area contributed by atoms with E-state index in [4.69, 9.17) is 4.74 Å². The van der Waals surface area contributed by atoms with Crippen molar-refractivity contribution in [2.45, 2.75) is 39.3 Å². The highest BCUT2D eigenvalue weighted by molar-refractivity contribution is 5.27. The second-order valence-corrected chi connectivity index (χ2v) is 5.63. The van der Waals surface area contributed by atoms with E-state index in [0.29, 0.717) is 17.8 Å². The topological polar surface area (TPSA) is 34.1 Å². The third-order valence-electron chi connectivity index (χ3n) is 3.72. The number of ether oxygens (including phenoxy) is 1. The first-order valence-corrected chi connectivity index (χ1v) is 7.42. The molecule has 0 aliphatic rings. The van der Waals surface area contributed by atoms with Gasteiger partial charge in [-0.25, -0.2) is 4.98 Å². The van der Waals surface area contributed by atoms with Crippen LogP contribution in [0.1, 0.15) is 49.4 Å². The maximum absolute atomic E-state index is 5.14. The molecule has 3 nitrogen and oxygen atoms in total. The highest BCUT2D eigenvalue weighted by Gasteiger charge is 2.06. The Labute approximate surface area is 127 Å². The molecule has 0 fully saturated rings. The van der Waals surface area contributed by atoms with Gasteiger partial charge in [0.15, 0.2) is 0 Å². The summed E-state index contributed by atoms with van der Waals surface area (Å²) in [5.41, 5.74) is 3.86. The van der Waals surface area contributed by atoms with Gasteiger partial charge in [0.25, 0.3) is 0 Å². The van der Waals surface area contributed by atoms with Crippen LogP contribution in [0.3, 0.4) is 0 Å². The van der Waals surface area contributed by atoms with Gasteiger partial charge in [-0.2, -0.15) is 0 Å². The minimum Gasteiger partial charge on any atom is -0.481 e. The van der Waals surface area contributed by atoms with Gasteiger partial charge in [-0.1, -0.05) is 38.1 Å². The second kappa shape index (κ2) is 7.23. The molecule has 0 amide bonds. The van der Waals surface area contributed by atoms with E-state index in [1.165, 1.54) is 16.7 Å². The number of aromatic nitrogens is 1. The van der Waals surface area contributed by atoms with Crippen LogP contribution in [0.2, 0.25) is 0 Å². The lowest BCUT2D eigenvalue weighted by atomic mass is 9.99. The minimum atomic E-state index is 0.311. The molecule has 0 spiro atoms. The van der Waals surface area contributed by atoms with Gasteiger partial charge in [0.1, 0.15) is 0 Å². The summed E-state index contributed by atoms with van der Waals surface area (Å²) < 4.78 is 5.14. The van der Waals surface area contributed by atoms with Gasteiger partial charge >= 0.3 is 0 Å². The highest BCUT2D eigenvalue weighted by Crippen LogP contribution is 2.19. The van der Waals surface area contributed by atoms with Crippen molar-refractivity contribution in [1.29, 1.82) is 0 Å². The molecule has 1 aromatic carbocycles. The highest BCUT2D eigenvalue weighted by atomic mass is 16.5. The molecule has 1 atom stereocenters. The zero-order chi connectivity index (χ0) is 15.2. The maximum atomic E-state index is 5.14. The smallest absolute Gasteiger partial charge is 0.213 e. The summed E-state index contributed by atoms with van der Waals surface area (Å²) in [6.07, 6.45) is 1.78. The number of methoxy groups -OCH3 is 1. The molecule has 1 unspecified atom stereocenters. The van der Waals surface area contributed by atoms with Crippen LogP contribution < -0.4 is 10.1 Å². The number of nitrogens with one attached hydrogen (secondary N) is 1. The number of rotatable bonds is 6. The van der Waals surface area contributed by atoms with Crippen LogP contribution in [0, 0.1) is 0 Å². The first-order valence-electron chi connectivity index (χ1n) is 7.42. The Morgan fingerprint density at radius 2 is 1.71 bits per heavy atom. The molecule has 0 aliphatic heterocycles. The Hall–Kier alpha value is -1.87. The van der Waals surface area contributed by atoms with Crippen molar-refractivity contribution in [3.63, 3.8) is 0 Å². The molecule has 1 aromatic heterocycles. The van der Waals surface area contributed by atoms with Crippen molar-refractivity contribution in [1.82, 2.24) is 10.3 Å². The maximum Gasteiger partial charge on any atom is 0.213 e. The fourth-order valence-corrected chi connectivity index (χ4v) is 2.23. The van der Waals surface area contributed by atoms with Gasteiger partial charge in [0.05, 0.1) is 7.11 Å². The monoisotopic (exact) mass is 284 g/mol. The SMILES string of the molecule is COc1cc(CNC(C)c2ccc(C(C)C)cc2)ccn1. The van der Waals surface area contributed by atoms with Crippen LogP contribution in [0.15, 0.2) is 42.6 Å². The Morgan fingerprint density at radius 1 is 1.05 bits per heavy atom. The van der Waals surface area contributed by atoms with E-state index in [-0.39, 0.29) is 0 Å². The van der Waals surface area contributed by atoms with Gasteiger partial charge in [0, 0.05) is 24.8 Å². The predicted molar refractivity (Wildman–Crippen MR) is 86.6 cm³/mol. The average molecular weight is 284 g/mol. The molecular formula is C18H24N2O. The summed E-state index contributed by atoms with van der Waals surface area (Å²) in [5, 5.41) is 3.53. The Balaban J connectivity index is 1.96. The van der Waals surface area contributed by atoms with Crippen LogP contribution in [-0.4, -0.2) is 12.1 Å². The van der Waals surface area contributed by atoms with Crippen molar-refractivity contribution < 1.29 is 4.74 Å². The van der Waals surface area contributed by atoms with Crippen molar-refractivity contribution in [3.8, 4) is 5.88 Å². The summed E-state index contributed by atoms with van der Waals surface area (Å²) >= 11 is 0. The number of hydrogen-bond acceptors (Lipinski definition) is 3. The first-order chi connectivity index (χ1) is 10.1. The lowest BCUT2D eigenvalue weighted by Crippen LogP contribution is -2.18. The fraction of sp³-hybridized carbons (Fsp3) is 0.389.